The van der Waals surface area contributed by atoms with Crippen LogP contribution < -0.4 is 16.2 Å². The van der Waals surface area contributed by atoms with E-state index in [1.807, 2.05) is 13.8 Å². The van der Waals surface area contributed by atoms with Crippen LogP contribution in [0.3, 0.4) is 0 Å². The van der Waals surface area contributed by atoms with Gasteiger partial charge in [0.15, 0.2) is 0 Å². The van der Waals surface area contributed by atoms with Gasteiger partial charge in [-0.15, -0.1) is 0 Å². The van der Waals surface area contributed by atoms with Crippen molar-refractivity contribution in [1.82, 2.24) is 9.97 Å². The molecule has 5 nitrogen and oxygen atoms in total. The van der Waals surface area contributed by atoms with E-state index in [2.05, 4.69) is 15.4 Å². The van der Waals surface area contributed by atoms with Crippen LogP contribution in [-0.4, -0.2) is 29.2 Å². The highest BCUT2D eigenvalue weighted by atomic mass is 19.4. The van der Waals surface area contributed by atoms with Crippen LogP contribution >= 0.6 is 0 Å². The molecule has 2 heterocycles. The lowest BCUT2D eigenvalue weighted by Crippen LogP contribution is -2.42. The molecule has 1 aliphatic heterocycles. The third kappa shape index (κ3) is 3.75. The van der Waals surface area contributed by atoms with Gasteiger partial charge >= 0.3 is 6.18 Å². The Morgan fingerprint density at radius 1 is 1.38 bits per heavy atom. The van der Waals surface area contributed by atoms with Gasteiger partial charge in [0, 0.05) is 25.1 Å². The molecule has 0 aliphatic carbocycles. The number of aromatic nitrogens is 2. The van der Waals surface area contributed by atoms with Crippen molar-refractivity contribution in [2.45, 2.75) is 38.8 Å². The van der Waals surface area contributed by atoms with Gasteiger partial charge in [-0.25, -0.2) is 15.8 Å². The summed E-state index contributed by atoms with van der Waals surface area (Å²) in [6.07, 6.45) is -3.50. The highest BCUT2D eigenvalue weighted by Gasteiger charge is 2.42. The van der Waals surface area contributed by atoms with Crippen LogP contribution in [0.25, 0.3) is 0 Å². The molecule has 1 aromatic rings. The largest absolute Gasteiger partial charge is 0.393 e. The first kappa shape index (κ1) is 15.8. The summed E-state index contributed by atoms with van der Waals surface area (Å²) >= 11 is 0. The SMILES string of the molecule is CC(C)c1nc(NN)cc(N2CCCC(C(F)(F)F)C2)n1. The highest BCUT2D eigenvalue weighted by Crippen LogP contribution is 2.34. The molecule has 2 rings (SSSR count). The summed E-state index contributed by atoms with van der Waals surface area (Å²) in [6.45, 7) is 4.34. The average molecular weight is 303 g/mol. The van der Waals surface area contributed by atoms with E-state index in [0.29, 0.717) is 30.4 Å². The van der Waals surface area contributed by atoms with Crippen molar-refractivity contribution in [2.24, 2.45) is 11.8 Å². The van der Waals surface area contributed by atoms with Crippen LogP contribution in [0.4, 0.5) is 24.8 Å². The summed E-state index contributed by atoms with van der Waals surface area (Å²) in [7, 11) is 0. The maximum absolute atomic E-state index is 12.9. The Bertz CT molecular complexity index is 489. The van der Waals surface area contributed by atoms with E-state index in [1.54, 1.807) is 11.0 Å². The van der Waals surface area contributed by atoms with Crippen LogP contribution in [0, 0.1) is 5.92 Å². The molecular weight excluding hydrogens is 283 g/mol. The van der Waals surface area contributed by atoms with Gasteiger partial charge in [-0.05, 0) is 12.8 Å². The molecule has 0 amide bonds. The predicted octanol–water partition coefficient (Wildman–Crippen LogP) is 2.66. The molecule has 118 valence electrons. The number of nitrogens with two attached hydrogens (primary N) is 1. The number of hydrazine groups is 1. The molecule has 1 unspecified atom stereocenters. The third-order valence-electron chi connectivity index (χ3n) is 3.60. The second-order valence-electron chi connectivity index (χ2n) is 5.60. The van der Waals surface area contributed by atoms with Crippen molar-refractivity contribution >= 4 is 11.6 Å². The van der Waals surface area contributed by atoms with E-state index in [-0.39, 0.29) is 18.9 Å². The molecule has 0 aromatic carbocycles. The number of alkyl halides is 3. The van der Waals surface area contributed by atoms with Crippen LogP contribution in [0.5, 0.6) is 0 Å². The molecule has 21 heavy (non-hydrogen) atoms. The van der Waals surface area contributed by atoms with Crippen molar-refractivity contribution in [3.8, 4) is 0 Å². The maximum atomic E-state index is 12.9. The summed E-state index contributed by atoms with van der Waals surface area (Å²) in [5, 5.41) is 0. The van der Waals surface area contributed by atoms with Gasteiger partial charge in [0.05, 0.1) is 5.92 Å². The van der Waals surface area contributed by atoms with E-state index >= 15 is 0 Å². The van der Waals surface area contributed by atoms with Gasteiger partial charge in [-0.1, -0.05) is 13.8 Å². The molecule has 8 heteroatoms. The van der Waals surface area contributed by atoms with Crippen LogP contribution in [0.1, 0.15) is 38.4 Å². The van der Waals surface area contributed by atoms with Crippen molar-refractivity contribution in [2.75, 3.05) is 23.4 Å². The lowest BCUT2D eigenvalue weighted by atomic mass is 9.97. The number of rotatable bonds is 3. The van der Waals surface area contributed by atoms with E-state index < -0.39 is 12.1 Å². The first-order valence-corrected chi connectivity index (χ1v) is 6.98. The fourth-order valence-corrected chi connectivity index (χ4v) is 2.40. The van der Waals surface area contributed by atoms with Crippen molar-refractivity contribution < 1.29 is 13.2 Å². The summed E-state index contributed by atoms with van der Waals surface area (Å²) < 4.78 is 38.7. The summed E-state index contributed by atoms with van der Waals surface area (Å²) in [5.41, 5.74) is 2.44. The smallest absolute Gasteiger partial charge is 0.356 e. The zero-order valence-corrected chi connectivity index (χ0v) is 12.1. The molecule has 0 saturated carbocycles. The van der Waals surface area contributed by atoms with Crippen molar-refractivity contribution in [3.05, 3.63) is 11.9 Å². The van der Waals surface area contributed by atoms with Gasteiger partial charge < -0.3 is 10.3 Å². The number of nitrogens with one attached hydrogen (secondary N) is 1. The van der Waals surface area contributed by atoms with Crippen molar-refractivity contribution in [1.29, 1.82) is 0 Å². The Hall–Kier alpha value is -1.57. The average Bonchev–Trinajstić information content (AvgIpc) is 2.46. The molecule has 0 radical (unpaired) electrons. The zero-order valence-electron chi connectivity index (χ0n) is 12.1. The predicted molar refractivity (Wildman–Crippen MR) is 74.9 cm³/mol. The first-order chi connectivity index (χ1) is 9.81. The molecule has 3 N–H and O–H groups in total. The highest BCUT2D eigenvalue weighted by molar-refractivity contribution is 5.49. The molecule has 0 spiro atoms. The van der Waals surface area contributed by atoms with E-state index in [9.17, 15) is 13.2 Å². The lowest BCUT2D eigenvalue weighted by molar-refractivity contribution is -0.176. The Labute approximate surface area is 121 Å². The molecule has 1 atom stereocenters. The summed E-state index contributed by atoms with van der Waals surface area (Å²) in [5.74, 6) is 5.61. The molecule has 1 saturated heterocycles. The van der Waals surface area contributed by atoms with Crippen molar-refractivity contribution in [3.63, 3.8) is 0 Å². The fraction of sp³-hybridized carbons (Fsp3) is 0.692. The molecule has 1 aliphatic rings. The Balaban J connectivity index is 2.26. The number of hydrogen-bond acceptors (Lipinski definition) is 5. The summed E-state index contributed by atoms with van der Waals surface area (Å²) in [4.78, 5) is 10.3. The number of nitrogens with zero attached hydrogens (tertiary/aromatic N) is 3. The van der Waals surface area contributed by atoms with Crippen LogP contribution in [0.2, 0.25) is 0 Å². The maximum Gasteiger partial charge on any atom is 0.393 e. The van der Waals surface area contributed by atoms with E-state index in [1.165, 1.54) is 0 Å². The Morgan fingerprint density at radius 3 is 2.67 bits per heavy atom. The zero-order chi connectivity index (χ0) is 15.6. The van der Waals surface area contributed by atoms with Crippen LogP contribution in [0.15, 0.2) is 6.07 Å². The monoisotopic (exact) mass is 303 g/mol. The van der Waals surface area contributed by atoms with Gasteiger partial charge in [-0.3, -0.25) is 0 Å². The molecular formula is C13H20F3N5. The normalized spacial score (nSPS) is 20.0. The Kier molecular flexibility index (Phi) is 4.55. The summed E-state index contributed by atoms with van der Waals surface area (Å²) in [6, 6.07) is 1.59. The fourth-order valence-electron chi connectivity index (χ4n) is 2.40. The number of piperidine rings is 1. The standard InChI is InChI=1S/C13H20F3N5/c1-8(2)12-18-10(20-17)6-11(19-12)21-5-3-4-9(7-21)13(14,15)16/h6,8-9H,3-5,7,17H2,1-2H3,(H,18,19,20). The molecule has 1 aromatic heterocycles. The topological polar surface area (TPSA) is 67.1 Å². The molecule has 1 fully saturated rings. The van der Waals surface area contributed by atoms with Crippen LogP contribution in [-0.2, 0) is 0 Å². The van der Waals surface area contributed by atoms with Gasteiger partial charge in [0.2, 0.25) is 0 Å². The minimum Gasteiger partial charge on any atom is -0.356 e. The second-order valence-corrected chi connectivity index (χ2v) is 5.60. The first-order valence-electron chi connectivity index (χ1n) is 6.98. The number of halogens is 3. The van der Waals surface area contributed by atoms with E-state index in [0.717, 1.165) is 0 Å². The molecule has 0 bridgehead atoms. The minimum absolute atomic E-state index is 0.0674. The lowest BCUT2D eigenvalue weighted by Gasteiger charge is -2.34. The number of anilines is 2. The minimum atomic E-state index is -4.17. The number of nitrogen functional groups attached to an aromatic ring is 1. The van der Waals surface area contributed by atoms with Gasteiger partial charge in [-0.2, -0.15) is 13.2 Å². The quantitative estimate of drug-likeness (QED) is 0.664. The Morgan fingerprint density at radius 2 is 2.10 bits per heavy atom. The van der Waals surface area contributed by atoms with Gasteiger partial charge in [0.25, 0.3) is 0 Å². The third-order valence-corrected chi connectivity index (χ3v) is 3.60. The second kappa shape index (κ2) is 6.05. The van der Waals surface area contributed by atoms with E-state index in [4.69, 9.17) is 5.84 Å². The van der Waals surface area contributed by atoms with Gasteiger partial charge in [0.1, 0.15) is 17.5 Å². The number of hydrogen-bond donors (Lipinski definition) is 2.